The summed E-state index contributed by atoms with van der Waals surface area (Å²) >= 11 is 5.87. The van der Waals surface area contributed by atoms with Crippen molar-refractivity contribution in [1.29, 1.82) is 0 Å². The average molecular weight is 297 g/mol. The van der Waals surface area contributed by atoms with Crippen molar-refractivity contribution in [2.45, 2.75) is 13.3 Å². The summed E-state index contributed by atoms with van der Waals surface area (Å²) in [7, 11) is 0. The molecule has 1 aliphatic carbocycles. The van der Waals surface area contributed by atoms with Crippen LogP contribution in [-0.4, -0.2) is 11.6 Å². The van der Waals surface area contributed by atoms with Gasteiger partial charge in [0.15, 0.2) is 11.6 Å². The van der Waals surface area contributed by atoms with Crippen LogP contribution in [0, 0.1) is 0 Å². The van der Waals surface area contributed by atoms with E-state index in [0.717, 1.165) is 5.56 Å². The van der Waals surface area contributed by atoms with Crippen molar-refractivity contribution in [1.82, 2.24) is 0 Å². The average Bonchev–Trinajstić information content (AvgIpc) is 2.51. The summed E-state index contributed by atoms with van der Waals surface area (Å²) in [6.07, 6.45) is 0.446. The van der Waals surface area contributed by atoms with Crippen LogP contribution in [0.1, 0.15) is 33.2 Å². The SMILES string of the molecule is CC1=C(Cc2ccc(Cl)cc2)C(=O)c2ccccc2C1=O. The van der Waals surface area contributed by atoms with Crippen molar-refractivity contribution in [2.75, 3.05) is 0 Å². The van der Waals surface area contributed by atoms with Gasteiger partial charge in [0, 0.05) is 33.7 Å². The molecule has 21 heavy (non-hydrogen) atoms. The Kier molecular flexibility index (Phi) is 3.48. The normalized spacial score (nSPS) is 14.4. The first-order chi connectivity index (χ1) is 10.1. The van der Waals surface area contributed by atoms with E-state index < -0.39 is 0 Å². The number of carbonyl (C=O) groups is 2. The zero-order chi connectivity index (χ0) is 15.0. The predicted octanol–water partition coefficient (Wildman–Crippen LogP) is 4.28. The Balaban J connectivity index is 2.02. The third-order valence-corrected chi connectivity index (χ3v) is 4.03. The molecule has 0 radical (unpaired) electrons. The van der Waals surface area contributed by atoms with E-state index in [0.29, 0.717) is 33.7 Å². The number of allylic oxidation sites excluding steroid dienone is 2. The standard InChI is InChI=1S/C18H13ClO2/c1-11-16(10-12-6-8-13(19)9-7-12)18(21)15-5-3-2-4-14(15)17(11)20/h2-9H,10H2,1H3. The zero-order valence-electron chi connectivity index (χ0n) is 11.5. The third kappa shape index (κ3) is 2.43. The van der Waals surface area contributed by atoms with Gasteiger partial charge >= 0.3 is 0 Å². The van der Waals surface area contributed by atoms with Crippen LogP contribution in [0.15, 0.2) is 59.7 Å². The molecule has 0 N–H and O–H groups in total. The molecule has 2 aromatic carbocycles. The molecular formula is C18H13ClO2. The minimum Gasteiger partial charge on any atom is -0.289 e. The van der Waals surface area contributed by atoms with Gasteiger partial charge in [0.2, 0.25) is 0 Å². The lowest BCUT2D eigenvalue weighted by Gasteiger charge is -2.19. The van der Waals surface area contributed by atoms with Crippen LogP contribution in [0.4, 0.5) is 0 Å². The quantitative estimate of drug-likeness (QED) is 0.829. The highest BCUT2D eigenvalue weighted by atomic mass is 35.5. The number of rotatable bonds is 2. The number of ketones is 2. The Morgan fingerprint density at radius 2 is 1.43 bits per heavy atom. The van der Waals surface area contributed by atoms with Crippen LogP contribution in [0.3, 0.4) is 0 Å². The molecule has 0 aliphatic heterocycles. The molecule has 1 aliphatic rings. The molecule has 0 fully saturated rings. The predicted molar refractivity (Wildman–Crippen MR) is 83.0 cm³/mol. The molecule has 0 atom stereocenters. The molecule has 0 saturated carbocycles. The van der Waals surface area contributed by atoms with Crippen molar-refractivity contribution < 1.29 is 9.59 Å². The molecular weight excluding hydrogens is 284 g/mol. The van der Waals surface area contributed by atoms with Gasteiger partial charge in [-0.15, -0.1) is 0 Å². The van der Waals surface area contributed by atoms with Gasteiger partial charge in [-0.05, 0) is 24.6 Å². The Bertz CT molecular complexity index is 770. The van der Waals surface area contributed by atoms with Crippen LogP contribution in [0.2, 0.25) is 5.02 Å². The van der Waals surface area contributed by atoms with Crippen molar-refractivity contribution in [2.24, 2.45) is 0 Å². The molecule has 0 spiro atoms. The van der Waals surface area contributed by atoms with Crippen molar-refractivity contribution >= 4 is 23.2 Å². The van der Waals surface area contributed by atoms with E-state index in [4.69, 9.17) is 11.6 Å². The fourth-order valence-corrected chi connectivity index (χ4v) is 2.70. The van der Waals surface area contributed by atoms with Gasteiger partial charge in [-0.1, -0.05) is 48.0 Å². The van der Waals surface area contributed by atoms with Gasteiger partial charge in [-0.3, -0.25) is 9.59 Å². The lowest BCUT2D eigenvalue weighted by atomic mass is 9.82. The summed E-state index contributed by atoms with van der Waals surface area (Å²) in [6, 6.07) is 14.3. The largest absolute Gasteiger partial charge is 0.289 e. The summed E-state index contributed by atoms with van der Waals surface area (Å²) in [5.41, 5.74) is 3.07. The highest BCUT2D eigenvalue weighted by Crippen LogP contribution is 2.28. The maximum atomic E-state index is 12.6. The third-order valence-electron chi connectivity index (χ3n) is 3.78. The second-order valence-corrected chi connectivity index (χ2v) is 5.55. The van der Waals surface area contributed by atoms with E-state index in [-0.39, 0.29) is 11.6 Å². The minimum atomic E-state index is -0.0610. The van der Waals surface area contributed by atoms with E-state index >= 15 is 0 Å². The molecule has 104 valence electrons. The smallest absolute Gasteiger partial charge is 0.190 e. The Morgan fingerprint density at radius 1 is 0.857 bits per heavy atom. The Morgan fingerprint density at radius 3 is 2.05 bits per heavy atom. The topological polar surface area (TPSA) is 34.1 Å². The number of fused-ring (bicyclic) bond motifs is 1. The van der Waals surface area contributed by atoms with Crippen LogP contribution in [0.5, 0.6) is 0 Å². The number of Topliss-reactive ketones (excluding diaryl/α,β-unsaturated/α-hetero) is 2. The number of hydrogen-bond acceptors (Lipinski definition) is 2. The summed E-state index contributed by atoms with van der Waals surface area (Å²) < 4.78 is 0. The van der Waals surface area contributed by atoms with Crippen LogP contribution in [-0.2, 0) is 6.42 Å². The molecule has 0 saturated heterocycles. The molecule has 0 aromatic heterocycles. The highest BCUT2D eigenvalue weighted by molar-refractivity contribution is 6.30. The molecule has 2 aromatic rings. The first-order valence-corrected chi connectivity index (χ1v) is 7.08. The highest BCUT2D eigenvalue weighted by Gasteiger charge is 2.29. The summed E-state index contributed by atoms with van der Waals surface area (Å²) in [5, 5.41) is 0.654. The monoisotopic (exact) mass is 296 g/mol. The number of hydrogen-bond donors (Lipinski definition) is 0. The summed E-state index contributed by atoms with van der Waals surface area (Å²) in [6.45, 7) is 1.72. The Labute approximate surface area is 128 Å². The number of carbonyl (C=O) groups excluding carboxylic acids is 2. The fourth-order valence-electron chi connectivity index (χ4n) is 2.57. The molecule has 0 bridgehead atoms. The summed E-state index contributed by atoms with van der Waals surface area (Å²) in [5.74, 6) is -0.119. The maximum Gasteiger partial charge on any atom is 0.190 e. The first kappa shape index (κ1) is 13.8. The lowest BCUT2D eigenvalue weighted by Crippen LogP contribution is -2.22. The van der Waals surface area contributed by atoms with Gasteiger partial charge in [0.1, 0.15) is 0 Å². The van der Waals surface area contributed by atoms with E-state index in [9.17, 15) is 9.59 Å². The van der Waals surface area contributed by atoms with E-state index in [2.05, 4.69) is 0 Å². The van der Waals surface area contributed by atoms with Gasteiger partial charge in [0.25, 0.3) is 0 Å². The molecule has 3 rings (SSSR count). The van der Waals surface area contributed by atoms with Gasteiger partial charge in [-0.2, -0.15) is 0 Å². The van der Waals surface area contributed by atoms with E-state index in [1.165, 1.54) is 0 Å². The molecule has 2 nitrogen and oxygen atoms in total. The zero-order valence-corrected chi connectivity index (χ0v) is 12.3. The number of halogens is 1. The second kappa shape index (κ2) is 5.30. The molecule has 3 heteroatoms. The van der Waals surface area contributed by atoms with Gasteiger partial charge in [-0.25, -0.2) is 0 Å². The molecule has 0 heterocycles. The van der Waals surface area contributed by atoms with Crippen LogP contribution >= 0.6 is 11.6 Å². The van der Waals surface area contributed by atoms with Gasteiger partial charge in [0.05, 0.1) is 0 Å². The molecule has 0 unspecified atom stereocenters. The molecule has 0 amide bonds. The number of benzene rings is 2. The summed E-state index contributed by atoms with van der Waals surface area (Å²) in [4.78, 5) is 25.0. The van der Waals surface area contributed by atoms with Crippen molar-refractivity contribution in [3.63, 3.8) is 0 Å². The maximum absolute atomic E-state index is 12.6. The van der Waals surface area contributed by atoms with E-state index in [1.807, 2.05) is 12.1 Å². The van der Waals surface area contributed by atoms with Gasteiger partial charge < -0.3 is 0 Å². The second-order valence-electron chi connectivity index (χ2n) is 5.11. The van der Waals surface area contributed by atoms with Crippen molar-refractivity contribution in [3.8, 4) is 0 Å². The van der Waals surface area contributed by atoms with E-state index in [1.54, 1.807) is 43.3 Å². The van der Waals surface area contributed by atoms with Crippen molar-refractivity contribution in [3.05, 3.63) is 81.4 Å². The van der Waals surface area contributed by atoms with Crippen LogP contribution in [0.25, 0.3) is 0 Å². The minimum absolute atomic E-state index is 0.0577. The first-order valence-electron chi connectivity index (χ1n) is 6.70. The van der Waals surface area contributed by atoms with Crippen LogP contribution < -0.4 is 0 Å². The Hall–Kier alpha value is -2.19. The lowest BCUT2D eigenvalue weighted by molar-refractivity contribution is 0.0973. The fraction of sp³-hybridized carbons (Fsp3) is 0.111.